The maximum absolute atomic E-state index is 13.3. The van der Waals surface area contributed by atoms with E-state index in [2.05, 4.69) is 25.3 Å². The Balaban J connectivity index is 1.78. The molecule has 2 aliphatic rings. The molecule has 190 valence electrons. The molecule has 2 aromatic carbocycles. The molecule has 1 fully saturated rings. The van der Waals surface area contributed by atoms with Crippen LogP contribution < -0.4 is 9.47 Å². The predicted molar refractivity (Wildman–Crippen MR) is 139 cm³/mol. The summed E-state index contributed by atoms with van der Waals surface area (Å²) in [4.78, 5) is 30.4. The summed E-state index contributed by atoms with van der Waals surface area (Å²) in [6.07, 6.45) is 2.43. The second kappa shape index (κ2) is 11.0. The van der Waals surface area contributed by atoms with Gasteiger partial charge in [0, 0.05) is 25.1 Å². The number of aliphatic hydroxyl groups excluding tert-OH is 1. The average molecular weight is 491 g/mol. The molecule has 4 rings (SSSR count). The van der Waals surface area contributed by atoms with Crippen LogP contribution >= 0.6 is 0 Å². The number of carbonyl (C=O) groups excluding carboxylic acids is 2. The topological polar surface area (TPSA) is 79.3 Å². The predicted octanol–water partition coefficient (Wildman–Crippen LogP) is 4.34. The molecule has 7 nitrogen and oxygen atoms in total. The Bertz CT molecular complexity index is 1180. The van der Waals surface area contributed by atoms with E-state index in [1.54, 1.807) is 17.0 Å². The molecule has 0 saturated carbocycles. The van der Waals surface area contributed by atoms with Crippen molar-refractivity contribution in [1.82, 2.24) is 9.80 Å². The maximum Gasteiger partial charge on any atom is 0.295 e. The summed E-state index contributed by atoms with van der Waals surface area (Å²) in [5.41, 5.74) is 2.26. The zero-order chi connectivity index (χ0) is 25.8. The zero-order valence-electron chi connectivity index (χ0n) is 21.2. The maximum atomic E-state index is 13.3. The van der Waals surface area contributed by atoms with Gasteiger partial charge in [-0.15, -0.1) is 0 Å². The molecule has 2 heterocycles. The highest BCUT2D eigenvalue weighted by molar-refractivity contribution is 6.46. The fraction of sp³-hybridized carbons (Fsp3) is 0.379. The van der Waals surface area contributed by atoms with E-state index in [9.17, 15) is 14.7 Å². The molecule has 0 spiro atoms. The Labute approximate surface area is 212 Å². The molecular weight excluding hydrogens is 456 g/mol. The summed E-state index contributed by atoms with van der Waals surface area (Å²) in [6, 6.07) is 12.0. The number of likely N-dealkylation sites (N-methyl/N-ethyl adjacent to an activating group) is 1. The first kappa shape index (κ1) is 25.5. The van der Waals surface area contributed by atoms with Crippen molar-refractivity contribution < 1.29 is 24.2 Å². The molecule has 2 unspecified atom stereocenters. The standard InChI is InChI=1S/C29H34N2O5/c1-5-15-35-23-10-8-9-20(18-23)26-25(28(33)29(34)31(26)14-13-30(6-2)7-3)27(32)21-11-12-24-22(17-21)16-19(4)36-24/h5,8-12,17-19,26,32H,1,6-7,13-16H2,2-4H3/b27-25-. The molecule has 36 heavy (non-hydrogen) atoms. The number of benzene rings is 2. The SMILES string of the molecule is C=CCOc1cccc(C2/C(=C(/O)c3ccc4c(c3)CC(C)O4)C(=O)C(=O)N2CCN(CC)CC)c1. The van der Waals surface area contributed by atoms with E-state index in [0.29, 0.717) is 36.6 Å². The third-order valence-electron chi connectivity index (χ3n) is 6.80. The van der Waals surface area contributed by atoms with E-state index in [4.69, 9.17) is 9.47 Å². The van der Waals surface area contributed by atoms with Crippen LogP contribution in [0.25, 0.3) is 5.76 Å². The number of aliphatic hydroxyl groups is 1. The van der Waals surface area contributed by atoms with E-state index in [1.807, 2.05) is 43.3 Å². The van der Waals surface area contributed by atoms with Crippen LogP contribution in [0.3, 0.4) is 0 Å². The quantitative estimate of drug-likeness (QED) is 0.231. The van der Waals surface area contributed by atoms with Crippen LogP contribution in [-0.4, -0.2) is 65.5 Å². The summed E-state index contributed by atoms with van der Waals surface area (Å²) in [6.45, 7) is 12.8. The Kier molecular flexibility index (Phi) is 7.79. The summed E-state index contributed by atoms with van der Waals surface area (Å²) in [5, 5.41) is 11.4. The first-order valence-electron chi connectivity index (χ1n) is 12.5. The second-order valence-electron chi connectivity index (χ2n) is 9.15. The molecule has 0 bridgehead atoms. The molecule has 2 atom stereocenters. The number of hydrogen-bond donors (Lipinski definition) is 1. The van der Waals surface area contributed by atoms with Gasteiger partial charge in [-0.05, 0) is 61.5 Å². The van der Waals surface area contributed by atoms with Crippen LogP contribution in [0, 0.1) is 0 Å². The molecule has 1 saturated heterocycles. The van der Waals surface area contributed by atoms with Crippen molar-refractivity contribution in [3.8, 4) is 11.5 Å². The lowest BCUT2D eigenvalue weighted by Gasteiger charge is -2.28. The number of fused-ring (bicyclic) bond motifs is 1. The smallest absolute Gasteiger partial charge is 0.295 e. The minimum absolute atomic E-state index is 0.0568. The molecule has 1 amide bonds. The normalized spacial score (nSPS) is 20.5. The van der Waals surface area contributed by atoms with Gasteiger partial charge >= 0.3 is 0 Å². The molecule has 0 aromatic heterocycles. The van der Waals surface area contributed by atoms with Gasteiger partial charge in [-0.2, -0.15) is 0 Å². The van der Waals surface area contributed by atoms with Crippen molar-refractivity contribution >= 4 is 17.4 Å². The number of amides is 1. The van der Waals surface area contributed by atoms with Gasteiger partial charge in [0.15, 0.2) is 0 Å². The van der Waals surface area contributed by atoms with Gasteiger partial charge in [-0.1, -0.05) is 38.6 Å². The molecule has 0 aliphatic carbocycles. The van der Waals surface area contributed by atoms with E-state index in [-0.39, 0.29) is 17.4 Å². The minimum Gasteiger partial charge on any atom is -0.507 e. The van der Waals surface area contributed by atoms with Crippen molar-refractivity contribution in [3.63, 3.8) is 0 Å². The Hall–Kier alpha value is -3.58. The molecule has 7 heteroatoms. The van der Waals surface area contributed by atoms with Crippen LogP contribution in [0.15, 0.2) is 60.7 Å². The lowest BCUT2D eigenvalue weighted by Crippen LogP contribution is -2.38. The van der Waals surface area contributed by atoms with E-state index < -0.39 is 17.7 Å². The number of rotatable bonds is 10. The fourth-order valence-electron chi connectivity index (χ4n) is 4.90. The monoisotopic (exact) mass is 490 g/mol. The van der Waals surface area contributed by atoms with Crippen molar-refractivity contribution in [2.45, 2.75) is 39.3 Å². The van der Waals surface area contributed by atoms with Gasteiger partial charge in [0.25, 0.3) is 11.7 Å². The third-order valence-corrected chi connectivity index (χ3v) is 6.80. The first-order chi connectivity index (χ1) is 17.4. The highest BCUT2D eigenvalue weighted by Crippen LogP contribution is 2.41. The van der Waals surface area contributed by atoms with E-state index >= 15 is 0 Å². The summed E-state index contributed by atoms with van der Waals surface area (Å²) < 4.78 is 11.5. The lowest BCUT2D eigenvalue weighted by atomic mass is 9.94. The van der Waals surface area contributed by atoms with Crippen LogP contribution in [0.2, 0.25) is 0 Å². The Morgan fingerprint density at radius 1 is 1.22 bits per heavy atom. The number of Topliss-reactive ketones (excluding diaryl/α,β-unsaturated/α-hetero) is 1. The van der Waals surface area contributed by atoms with Crippen LogP contribution in [-0.2, 0) is 16.0 Å². The van der Waals surface area contributed by atoms with Gasteiger partial charge in [0.1, 0.15) is 30.0 Å². The number of ether oxygens (including phenoxy) is 2. The second-order valence-corrected chi connectivity index (χ2v) is 9.15. The first-order valence-corrected chi connectivity index (χ1v) is 12.5. The summed E-state index contributed by atoms with van der Waals surface area (Å²) in [7, 11) is 0. The molecule has 0 radical (unpaired) electrons. The minimum atomic E-state index is -0.726. The zero-order valence-corrected chi connectivity index (χ0v) is 21.2. The van der Waals surface area contributed by atoms with E-state index in [0.717, 1.165) is 30.8 Å². The Morgan fingerprint density at radius 2 is 2.00 bits per heavy atom. The Morgan fingerprint density at radius 3 is 2.72 bits per heavy atom. The van der Waals surface area contributed by atoms with Gasteiger partial charge in [-0.25, -0.2) is 0 Å². The van der Waals surface area contributed by atoms with E-state index in [1.165, 1.54) is 0 Å². The molecule has 2 aliphatic heterocycles. The van der Waals surface area contributed by atoms with Crippen LogP contribution in [0.1, 0.15) is 43.5 Å². The van der Waals surface area contributed by atoms with Gasteiger partial charge in [0.05, 0.1) is 11.6 Å². The van der Waals surface area contributed by atoms with Crippen molar-refractivity contribution in [1.29, 1.82) is 0 Å². The highest BCUT2D eigenvalue weighted by atomic mass is 16.5. The van der Waals surface area contributed by atoms with Crippen molar-refractivity contribution in [2.75, 3.05) is 32.8 Å². The van der Waals surface area contributed by atoms with Crippen LogP contribution in [0.4, 0.5) is 0 Å². The molecular formula is C29H34N2O5. The summed E-state index contributed by atoms with van der Waals surface area (Å²) in [5.74, 6) is -0.0833. The van der Waals surface area contributed by atoms with Gasteiger partial charge < -0.3 is 24.4 Å². The van der Waals surface area contributed by atoms with Crippen molar-refractivity contribution in [3.05, 3.63) is 77.4 Å². The number of likely N-dealkylation sites (tertiary alicyclic amines) is 1. The van der Waals surface area contributed by atoms with Crippen molar-refractivity contribution in [2.24, 2.45) is 0 Å². The third kappa shape index (κ3) is 5.02. The number of ketones is 1. The number of hydrogen-bond acceptors (Lipinski definition) is 6. The van der Waals surface area contributed by atoms with Gasteiger partial charge in [0.2, 0.25) is 0 Å². The fourth-order valence-corrected chi connectivity index (χ4v) is 4.90. The number of nitrogens with zero attached hydrogens (tertiary/aromatic N) is 2. The highest BCUT2D eigenvalue weighted by Gasteiger charge is 2.46. The number of carbonyl (C=O) groups is 2. The van der Waals surface area contributed by atoms with Gasteiger partial charge in [-0.3, -0.25) is 9.59 Å². The molecule has 1 N–H and O–H groups in total. The molecule has 2 aromatic rings. The summed E-state index contributed by atoms with van der Waals surface area (Å²) >= 11 is 0. The lowest BCUT2D eigenvalue weighted by molar-refractivity contribution is -0.140. The van der Waals surface area contributed by atoms with Crippen LogP contribution in [0.5, 0.6) is 11.5 Å². The largest absolute Gasteiger partial charge is 0.507 e. The average Bonchev–Trinajstić information content (AvgIpc) is 3.38.